The van der Waals surface area contributed by atoms with Crippen LogP contribution in [-0.4, -0.2) is 117 Å². The van der Waals surface area contributed by atoms with Gasteiger partial charge in [0.2, 0.25) is 23.5 Å². The zero-order valence-corrected chi connectivity index (χ0v) is 52.9. The second kappa shape index (κ2) is 29.6. The van der Waals surface area contributed by atoms with Gasteiger partial charge in [-0.15, -0.1) is 0 Å². The first-order valence-electron chi connectivity index (χ1n) is 27.7. The second-order valence-electron chi connectivity index (χ2n) is 22.5. The Morgan fingerprint density at radius 1 is 0.476 bits per heavy atom. The molecule has 0 fully saturated rings. The Kier molecular flexibility index (Phi) is 23.9. The van der Waals surface area contributed by atoms with Crippen molar-refractivity contribution in [3.63, 3.8) is 0 Å². The van der Waals surface area contributed by atoms with E-state index in [4.69, 9.17) is 24.2 Å². The molecular weight excluding hydrogens is 1070 g/mol. The lowest BCUT2D eigenvalue weighted by Gasteiger charge is -2.12. The number of ether oxygens (including phenoxy) is 3. The number of carbonyl (C=O) groups is 4. The molecule has 84 heavy (non-hydrogen) atoms. The Hall–Kier alpha value is -8.62. The van der Waals surface area contributed by atoms with Gasteiger partial charge in [-0.1, -0.05) is 6.07 Å². The lowest BCUT2D eigenvalue weighted by molar-refractivity contribution is -0.816. The van der Waals surface area contributed by atoms with Crippen LogP contribution in [0, 0.1) is 90.0 Å². The number of hydroxylamine groups is 2. The van der Waals surface area contributed by atoms with Crippen molar-refractivity contribution in [2.24, 2.45) is 0 Å². The molecule has 0 aliphatic heterocycles. The van der Waals surface area contributed by atoms with E-state index in [1.54, 1.807) is 25.4 Å². The number of ketones is 1. The summed E-state index contributed by atoms with van der Waals surface area (Å²) in [5.41, 5.74) is 15.7. The van der Waals surface area contributed by atoms with Gasteiger partial charge in [0, 0.05) is 67.9 Å². The maximum Gasteiger partial charge on any atom is 0.331 e. The van der Waals surface area contributed by atoms with Crippen LogP contribution in [0.1, 0.15) is 192 Å². The number of nitrogens with zero attached hydrogens (tertiary/aromatic N) is 12. The molecule has 0 saturated carbocycles. The molecule has 0 radical (unpaired) electrons. The van der Waals surface area contributed by atoms with Crippen LogP contribution in [0.15, 0.2) is 24.3 Å². The normalized spacial score (nSPS) is 11.8. The third-order valence-electron chi connectivity index (χ3n) is 13.2. The fourth-order valence-corrected chi connectivity index (χ4v) is 7.77. The third-order valence-corrected chi connectivity index (χ3v) is 13.2. The summed E-state index contributed by atoms with van der Waals surface area (Å²) in [5, 5.41) is 20.5. The quantitative estimate of drug-likeness (QED) is 0.0133. The van der Waals surface area contributed by atoms with E-state index in [2.05, 4.69) is 39.9 Å². The van der Waals surface area contributed by atoms with Crippen LogP contribution in [-0.2, 0) is 45.0 Å². The Balaban J connectivity index is 0.000000275. The molecule has 0 unspecified atom stereocenters. The van der Waals surface area contributed by atoms with Crippen molar-refractivity contribution in [2.75, 3.05) is 0 Å². The van der Waals surface area contributed by atoms with E-state index in [1.807, 2.05) is 125 Å². The fourth-order valence-electron chi connectivity index (χ4n) is 7.77. The lowest BCUT2D eigenvalue weighted by Crippen LogP contribution is -2.31. The number of hydrogen-bond donors (Lipinski definition) is 2. The number of aromatic nitrogens is 10. The zero-order valence-electron chi connectivity index (χ0n) is 52.9. The number of Topliss-reactive ketones (excluding diaryl/α,β-unsaturated/α-hetero) is 1. The van der Waals surface area contributed by atoms with Crippen LogP contribution in [0.25, 0.3) is 6.08 Å². The highest BCUT2D eigenvalue weighted by atomic mass is 16.6. The highest BCUT2D eigenvalue weighted by Gasteiger charge is 2.27. The van der Waals surface area contributed by atoms with Crippen LogP contribution in [0.5, 0.6) is 11.5 Å². The summed E-state index contributed by atoms with van der Waals surface area (Å²) >= 11 is 0. The Morgan fingerprint density at radius 2 is 0.869 bits per heavy atom. The maximum absolute atomic E-state index is 12.4. The first-order valence-corrected chi connectivity index (χ1v) is 27.7. The molecule has 21 heteroatoms. The largest absolute Gasteiger partial charge is 0.456 e. The van der Waals surface area contributed by atoms with Crippen LogP contribution in [0.2, 0.25) is 0 Å². The minimum atomic E-state index is -0.567. The molecule has 0 aliphatic rings. The highest BCUT2D eigenvalue weighted by Crippen LogP contribution is 2.29. The van der Waals surface area contributed by atoms with E-state index in [-0.39, 0.29) is 23.9 Å². The summed E-state index contributed by atoms with van der Waals surface area (Å²) in [6, 6.07) is 4.55. The number of benzene rings is 1. The van der Waals surface area contributed by atoms with Gasteiger partial charge in [-0.25, -0.2) is 19.7 Å². The van der Waals surface area contributed by atoms with Crippen molar-refractivity contribution in [1.82, 2.24) is 49.8 Å². The minimum Gasteiger partial charge on any atom is -0.456 e. The monoisotopic (exact) mass is 1150 g/mol. The molecule has 6 rings (SSSR count). The minimum absolute atomic E-state index is 0.00697. The van der Waals surface area contributed by atoms with Crippen molar-refractivity contribution < 1.29 is 53.3 Å². The number of hydrogen-bond acceptors (Lipinski definition) is 19. The highest BCUT2D eigenvalue weighted by molar-refractivity contribution is 5.95. The summed E-state index contributed by atoms with van der Waals surface area (Å²) in [7, 11) is 0. The van der Waals surface area contributed by atoms with Crippen LogP contribution in [0.3, 0.4) is 0 Å². The number of esters is 3. The van der Waals surface area contributed by atoms with Crippen LogP contribution >= 0.6 is 0 Å². The van der Waals surface area contributed by atoms with Crippen LogP contribution in [0.4, 0.5) is 0 Å². The Labute approximate surface area is 493 Å². The van der Waals surface area contributed by atoms with Gasteiger partial charge in [-0.05, 0) is 149 Å². The van der Waals surface area contributed by atoms with Gasteiger partial charge in [-0.3, -0.25) is 59.7 Å². The first-order chi connectivity index (χ1) is 39.0. The molecule has 2 N–H and O–H groups in total. The van der Waals surface area contributed by atoms with Gasteiger partial charge in [0.25, 0.3) is 0 Å². The molecule has 1 aromatic carbocycles. The van der Waals surface area contributed by atoms with Gasteiger partial charge in [0.15, 0.2) is 28.7 Å². The van der Waals surface area contributed by atoms with Crippen molar-refractivity contribution in [1.29, 1.82) is 0 Å². The predicted octanol–water partition coefficient (Wildman–Crippen LogP) is 9.86. The van der Waals surface area contributed by atoms with Crippen molar-refractivity contribution in [2.45, 2.75) is 195 Å². The summed E-state index contributed by atoms with van der Waals surface area (Å²) in [5.74, 6) is -1.49. The summed E-state index contributed by atoms with van der Waals surface area (Å²) in [6.45, 7) is 38.7. The van der Waals surface area contributed by atoms with Crippen molar-refractivity contribution in [3.8, 4) is 11.5 Å². The standard InChI is InChI=1S/C25H40N6O2.C21H22N2O6.C17H22N4O/c1-16-20(26-18(3)22(28-16)14-30(32)24(5,6)7)12-11-13-21-17(2)29-23(19(4)27-21)15-31(33)25(8,9)10;1-12-13(2)23-18(14(3)22-12)11-27-21(26)9-7-17-6-8-19(28-15(4)24)20(10-17)29-16(5)25;1-9-11(3)20-15(13(5)18-9)7-8-16(22)17-14(6)19-10(2)12(4)21-17/h14-15,32-33H,11-13H2,1-10H3;6-10H,11H2,1-5H3;7-8H2,1-6H3/q+2;;/b;9-7+;. The van der Waals surface area contributed by atoms with Gasteiger partial charge < -0.3 is 14.2 Å². The van der Waals surface area contributed by atoms with E-state index < -0.39 is 29.0 Å². The van der Waals surface area contributed by atoms with E-state index >= 15 is 0 Å². The number of aryl methyl sites for hydroxylation is 16. The fraction of sp³-hybridized carbons (Fsp3) is 0.460. The summed E-state index contributed by atoms with van der Waals surface area (Å²) in [4.78, 5) is 92.2. The third kappa shape index (κ3) is 20.4. The van der Waals surface area contributed by atoms with Crippen molar-refractivity contribution >= 4 is 42.2 Å². The molecule has 0 amide bonds. The molecule has 0 spiro atoms. The van der Waals surface area contributed by atoms with E-state index in [0.717, 1.165) is 99.0 Å². The Morgan fingerprint density at radius 3 is 1.35 bits per heavy atom. The summed E-state index contributed by atoms with van der Waals surface area (Å²) < 4.78 is 17.6. The average molecular weight is 1150 g/mol. The first kappa shape index (κ1) is 67.9. The van der Waals surface area contributed by atoms with E-state index in [9.17, 15) is 29.6 Å². The number of carbonyl (C=O) groups excluding carboxylic acids is 4. The molecule has 5 aromatic heterocycles. The molecule has 5 heterocycles. The number of rotatable bonds is 16. The zero-order chi connectivity index (χ0) is 63.1. The van der Waals surface area contributed by atoms with Crippen LogP contribution < -0.4 is 9.47 Å². The van der Waals surface area contributed by atoms with Gasteiger partial charge in [0.1, 0.15) is 12.3 Å². The SMILES string of the molecule is CC(=O)Oc1ccc(/C=C/C(=O)OCc2nc(C)c(C)nc2C)cc1OC(C)=O.Cc1nc(C)c(CCC(=O)c2nc(C)c(C)nc2C)nc1C.Cc1nc(CCCc2nc(C)c(/C=[N+](\O)C(C)(C)C)nc2C)c(C)nc1/C=[N+](\O)C(C)(C)C. The smallest absolute Gasteiger partial charge is 0.331 e. The molecule has 448 valence electrons. The van der Waals surface area contributed by atoms with Gasteiger partial charge in [0.05, 0.1) is 96.8 Å². The van der Waals surface area contributed by atoms with Crippen molar-refractivity contribution in [3.05, 3.63) is 144 Å². The molecular formula is C63H84N12O9+2. The predicted molar refractivity (Wildman–Crippen MR) is 318 cm³/mol. The van der Waals surface area contributed by atoms with E-state index in [1.165, 1.54) is 47.6 Å². The molecule has 0 saturated heterocycles. The molecule has 0 atom stereocenters. The second-order valence-corrected chi connectivity index (χ2v) is 22.5. The molecule has 0 aliphatic carbocycles. The molecule has 21 nitrogen and oxygen atoms in total. The maximum atomic E-state index is 12.4. The van der Waals surface area contributed by atoms with Gasteiger partial charge in [-0.2, -0.15) is 0 Å². The Bertz CT molecular complexity index is 3440. The lowest BCUT2D eigenvalue weighted by atomic mass is 10.1. The average Bonchev–Trinajstić information content (AvgIpc) is 3.61. The molecule has 0 bridgehead atoms. The van der Waals surface area contributed by atoms with Gasteiger partial charge >= 0.3 is 17.9 Å². The topological polar surface area (TPSA) is 271 Å². The summed E-state index contributed by atoms with van der Waals surface area (Å²) in [6.07, 6.45) is 9.38. The van der Waals surface area contributed by atoms with E-state index in [0.29, 0.717) is 52.6 Å². The molecule has 6 aromatic rings.